The number of anilines is 2. The Hall–Kier alpha value is -1.32. The number of nitriles is 1. The van der Waals surface area contributed by atoms with Crippen LogP contribution in [0.25, 0.3) is 0 Å². The summed E-state index contributed by atoms with van der Waals surface area (Å²) in [6, 6.07) is 11.1. The molecule has 2 rings (SSSR count). The lowest BCUT2D eigenvalue weighted by Gasteiger charge is -2.08. The van der Waals surface area contributed by atoms with Crippen LogP contribution in [0, 0.1) is 14.9 Å². The van der Waals surface area contributed by atoms with E-state index in [-0.39, 0.29) is 0 Å². The van der Waals surface area contributed by atoms with Crippen molar-refractivity contribution in [2.45, 2.75) is 0 Å². The molecule has 17 heavy (non-hydrogen) atoms. The zero-order valence-electron chi connectivity index (χ0n) is 8.61. The van der Waals surface area contributed by atoms with Gasteiger partial charge in [0.25, 0.3) is 0 Å². The minimum atomic E-state index is 0.488. The molecule has 0 spiro atoms. The van der Waals surface area contributed by atoms with E-state index in [9.17, 15) is 0 Å². The van der Waals surface area contributed by atoms with Gasteiger partial charge in [0, 0.05) is 9.77 Å². The molecule has 0 unspecified atom stereocenters. The molecule has 0 saturated heterocycles. The predicted molar refractivity (Wildman–Crippen MR) is 76.4 cm³/mol. The molecule has 5 heteroatoms. The van der Waals surface area contributed by atoms with Gasteiger partial charge in [-0.3, -0.25) is 0 Å². The van der Waals surface area contributed by atoms with Crippen molar-refractivity contribution in [1.82, 2.24) is 4.98 Å². The van der Waals surface area contributed by atoms with Crippen molar-refractivity contribution in [2.24, 2.45) is 0 Å². The lowest BCUT2D eigenvalue weighted by atomic mass is 10.2. The summed E-state index contributed by atoms with van der Waals surface area (Å²) in [6.45, 7) is 0. The molecular formula is C12H7ClIN3. The second-order valence-corrected chi connectivity index (χ2v) is 4.91. The lowest BCUT2D eigenvalue weighted by Crippen LogP contribution is -1.97. The van der Waals surface area contributed by atoms with Crippen LogP contribution >= 0.6 is 34.2 Å². The number of pyridine rings is 1. The average molecular weight is 356 g/mol. The summed E-state index contributed by atoms with van der Waals surface area (Å²) in [7, 11) is 0. The summed E-state index contributed by atoms with van der Waals surface area (Å²) in [5.41, 5.74) is 1.23. The Labute approximate surface area is 118 Å². The van der Waals surface area contributed by atoms with Crippen molar-refractivity contribution in [3.63, 3.8) is 0 Å². The van der Waals surface area contributed by atoms with E-state index < -0.39 is 0 Å². The molecule has 3 nitrogen and oxygen atoms in total. The molecule has 0 aliphatic carbocycles. The van der Waals surface area contributed by atoms with E-state index in [1.165, 1.54) is 0 Å². The molecule has 0 atom stereocenters. The first-order valence-electron chi connectivity index (χ1n) is 4.78. The van der Waals surface area contributed by atoms with Gasteiger partial charge in [-0.2, -0.15) is 5.26 Å². The van der Waals surface area contributed by atoms with Crippen LogP contribution < -0.4 is 5.32 Å². The highest BCUT2D eigenvalue weighted by molar-refractivity contribution is 14.1. The maximum absolute atomic E-state index is 8.95. The number of halogens is 2. The first-order valence-corrected chi connectivity index (χ1v) is 6.23. The van der Waals surface area contributed by atoms with Crippen LogP contribution in [0.15, 0.2) is 36.5 Å². The highest BCUT2D eigenvalue weighted by Gasteiger charge is 2.05. The van der Waals surface area contributed by atoms with Gasteiger partial charge in [0.2, 0.25) is 0 Å². The van der Waals surface area contributed by atoms with Crippen LogP contribution in [-0.2, 0) is 0 Å². The summed E-state index contributed by atoms with van der Waals surface area (Å²) >= 11 is 8.28. The van der Waals surface area contributed by atoms with E-state index in [4.69, 9.17) is 16.9 Å². The highest BCUT2D eigenvalue weighted by Crippen LogP contribution is 2.27. The molecular weight excluding hydrogens is 349 g/mol. The summed E-state index contributed by atoms with van der Waals surface area (Å²) in [5, 5.41) is 12.6. The topological polar surface area (TPSA) is 48.7 Å². The molecule has 1 heterocycles. The molecule has 0 saturated carbocycles. The third-order valence-corrected chi connectivity index (χ3v) is 3.10. The largest absolute Gasteiger partial charge is 0.338 e. The van der Waals surface area contributed by atoms with Crippen LogP contribution in [0.5, 0.6) is 0 Å². The number of rotatable bonds is 2. The van der Waals surface area contributed by atoms with Crippen LogP contribution in [0.3, 0.4) is 0 Å². The minimum absolute atomic E-state index is 0.488. The van der Waals surface area contributed by atoms with Crippen molar-refractivity contribution >= 4 is 45.7 Å². The number of hydrogen-bond acceptors (Lipinski definition) is 3. The van der Waals surface area contributed by atoms with Crippen molar-refractivity contribution in [2.75, 3.05) is 5.32 Å². The SMILES string of the molecule is N#Cc1cccnc1Nc1ccc(I)cc1Cl. The maximum atomic E-state index is 8.95. The molecule has 0 aliphatic heterocycles. The summed E-state index contributed by atoms with van der Waals surface area (Å²) in [4.78, 5) is 4.11. The molecule has 1 N–H and O–H groups in total. The summed E-state index contributed by atoms with van der Waals surface area (Å²) < 4.78 is 1.06. The zero-order valence-corrected chi connectivity index (χ0v) is 11.5. The molecule has 2 aromatic rings. The molecule has 1 aromatic carbocycles. The standard InChI is InChI=1S/C12H7ClIN3/c13-10-6-9(14)3-4-11(10)17-12-8(7-15)2-1-5-16-12/h1-6H,(H,16,17). The van der Waals surface area contributed by atoms with Gasteiger partial charge in [-0.05, 0) is 52.9 Å². The summed E-state index contributed by atoms with van der Waals surface area (Å²) in [6.07, 6.45) is 1.63. The Bertz CT molecular complexity index is 593. The Morgan fingerprint density at radius 1 is 1.35 bits per heavy atom. The third kappa shape index (κ3) is 2.87. The Morgan fingerprint density at radius 3 is 2.88 bits per heavy atom. The molecule has 0 fully saturated rings. The smallest absolute Gasteiger partial charge is 0.148 e. The van der Waals surface area contributed by atoms with Crippen LogP contribution in [-0.4, -0.2) is 4.98 Å². The number of nitrogens with one attached hydrogen (secondary N) is 1. The van der Waals surface area contributed by atoms with Gasteiger partial charge >= 0.3 is 0 Å². The number of benzene rings is 1. The Morgan fingerprint density at radius 2 is 2.18 bits per heavy atom. The molecule has 0 radical (unpaired) electrons. The average Bonchev–Trinajstić information content (AvgIpc) is 2.33. The summed E-state index contributed by atoms with van der Waals surface area (Å²) in [5.74, 6) is 0.512. The van der Waals surface area contributed by atoms with Gasteiger partial charge in [-0.1, -0.05) is 11.6 Å². The van der Waals surface area contributed by atoms with Crippen molar-refractivity contribution in [1.29, 1.82) is 5.26 Å². The lowest BCUT2D eigenvalue weighted by molar-refractivity contribution is 1.28. The van der Waals surface area contributed by atoms with Crippen molar-refractivity contribution < 1.29 is 0 Å². The molecule has 0 amide bonds. The van der Waals surface area contributed by atoms with Crippen LogP contribution in [0.4, 0.5) is 11.5 Å². The fourth-order valence-electron chi connectivity index (χ4n) is 1.31. The minimum Gasteiger partial charge on any atom is -0.338 e. The normalized spacial score (nSPS) is 9.71. The van der Waals surface area contributed by atoms with E-state index in [1.807, 2.05) is 18.2 Å². The first kappa shape index (κ1) is 12.1. The monoisotopic (exact) mass is 355 g/mol. The van der Waals surface area contributed by atoms with Gasteiger partial charge in [0.05, 0.1) is 16.3 Å². The quantitative estimate of drug-likeness (QED) is 0.830. The maximum Gasteiger partial charge on any atom is 0.148 e. The number of hydrogen-bond donors (Lipinski definition) is 1. The van der Waals surface area contributed by atoms with E-state index in [0.717, 1.165) is 9.26 Å². The van der Waals surface area contributed by atoms with Crippen LogP contribution in [0.2, 0.25) is 5.02 Å². The van der Waals surface area contributed by atoms with Gasteiger partial charge in [-0.25, -0.2) is 4.98 Å². The van der Waals surface area contributed by atoms with E-state index in [2.05, 4.69) is 39.0 Å². The molecule has 84 valence electrons. The molecule has 0 aliphatic rings. The van der Waals surface area contributed by atoms with Gasteiger partial charge in [-0.15, -0.1) is 0 Å². The second-order valence-electron chi connectivity index (χ2n) is 3.26. The van der Waals surface area contributed by atoms with Gasteiger partial charge in [0.15, 0.2) is 0 Å². The fourth-order valence-corrected chi connectivity index (χ4v) is 2.22. The Kier molecular flexibility index (Phi) is 3.82. The number of nitrogens with zero attached hydrogens (tertiary/aromatic N) is 2. The van der Waals surface area contributed by atoms with E-state index in [0.29, 0.717) is 16.4 Å². The van der Waals surface area contributed by atoms with Crippen molar-refractivity contribution in [3.05, 3.63) is 50.7 Å². The fraction of sp³-hybridized carbons (Fsp3) is 0. The van der Waals surface area contributed by atoms with Gasteiger partial charge < -0.3 is 5.32 Å². The van der Waals surface area contributed by atoms with E-state index in [1.54, 1.807) is 18.3 Å². The molecule has 1 aromatic heterocycles. The predicted octanol–water partition coefficient (Wildman–Crippen LogP) is 3.95. The highest BCUT2D eigenvalue weighted by atomic mass is 127. The second kappa shape index (κ2) is 5.34. The zero-order chi connectivity index (χ0) is 12.3. The third-order valence-electron chi connectivity index (χ3n) is 2.11. The Balaban J connectivity index is 2.35. The van der Waals surface area contributed by atoms with E-state index >= 15 is 0 Å². The van der Waals surface area contributed by atoms with Crippen molar-refractivity contribution in [3.8, 4) is 6.07 Å². The number of aromatic nitrogens is 1. The van der Waals surface area contributed by atoms with Crippen LogP contribution in [0.1, 0.15) is 5.56 Å². The van der Waals surface area contributed by atoms with Gasteiger partial charge in [0.1, 0.15) is 11.9 Å². The molecule has 0 bridgehead atoms. The first-order chi connectivity index (χ1) is 8.20.